The van der Waals surface area contributed by atoms with E-state index < -0.39 is 24.0 Å². The SMILES string of the molecule is C[C@@H](OC(=O)CCCCCNC(N)=O)C(=O)Nc1ccc2c(c1)OCCO2. The summed E-state index contributed by atoms with van der Waals surface area (Å²) >= 11 is 0. The first-order valence-electron chi connectivity index (χ1n) is 8.89. The number of primary amides is 1. The van der Waals surface area contributed by atoms with E-state index in [1.165, 1.54) is 6.92 Å². The van der Waals surface area contributed by atoms with Crippen LogP contribution < -0.4 is 25.8 Å². The molecule has 1 aliphatic heterocycles. The van der Waals surface area contributed by atoms with E-state index in [1.54, 1.807) is 18.2 Å². The number of unbranched alkanes of at least 4 members (excludes halogenated alkanes) is 2. The van der Waals surface area contributed by atoms with Crippen molar-refractivity contribution >= 4 is 23.6 Å². The van der Waals surface area contributed by atoms with Crippen molar-refractivity contribution in [3.8, 4) is 11.5 Å². The number of anilines is 1. The number of urea groups is 1. The van der Waals surface area contributed by atoms with Gasteiger partial charge in [0, 0.05) is 24.7 Å². The van der Waals surface area contributed by atoms with Crippen molar-refractivity contribution in [2.75, 3.05) is 25.1 Å². The van der Waals surface area contributed by atoms with Crippen molar-refractivity contribution in [2.45, 2.75) is 38.7 Å². The molecule has 0 spiro atoms. The molecule has 0 radical (unpaired) electrons. The van der Waals surface area contributed by atoms with Crippen LogP contribution in [0.1, 0.15) is 32.6 Å². The molecule has 3 amide bonds. The van der Waals surface area contributed by atoms with Crippen LogP contribution in [0.25, 0.3) is 0 Å². The summed E-state index contributed by atoms with van der Waals surface area (Å²) in [6, 6.07) is 4.52. The Kier molecular flexibility index (Phi) is 7.72. The molecule has 27 heavy (non-hydrogen) atoms. The van der Waals surface area contributed by atoms with Crippen molar-refractivity contribution in [1.29, 1.82) is 0 Å². The molecule has 0 fully saturated rings. The summed E-state index contributed by atoms with van der Waals surface area (Å²) in [6.07, 6.45) is 1.36. The van der Waals surface area contributed by atoms with E-state index in [0.717, 1.165) is 12.8 Å². The van der Waals surface area contributed by atoms with Crippen LogP contribution >= 0.6 is 0 Å². The molecule has 0 saturated carbocycles. The Morgan fingerprint density at radius 2 is 1.89 bits per heavy atom. The highest BCUT2D eigenvalue weighted by Crippen LogP contribution is 2.32. The fourth-order valence-electron chi connectivity index (χ4n) is 2.46. The molecule has 9 nitrogen and oxygen atoms in total. The normalized spacial score (nSPS) is 13.4. The highest BCUT2D eigenvalue weighted by molar-refractivity contribution is 5.95. The third-order valence-corrected chi connectivity index (χ3v) is 3.84. The predicted octanol–water partition coefficient (Wildman–Crippen LogP) is 1.56. The van der Waals surface area contributed by atoms with Gasteiger partial charge < -0.3 is 30.6 Å². The third kappa shape index (κ3) is 7.04. The number of rotatable bonds is 9. The number of ether oxygens (including phenoxy) is 3. The van der Waals surface area contributed by atoms with Gasteiger partial charge in [-0.2, -0.15) is 0 Å². The first-order valence-corrected chi connectivity index (χ1v) is 8.89. The molecule has 1 aromatic carbocycles. The molecule has 1 aliphatic rings. The zero-order valence-electron chi connectivity index (χ0n) is 15.3. The van der Waals surface area contributed by atoms with Crippen molar-refractivity contribution in [3.05, 3.63) is 18.2 Å². The average molecular weight is 379 g/mol. The first kappa shape index (κ1) is 20.3. The summed E-state index contributed by atoms with van der Waals surface area (Å²) in [7, 11) is 0. The number of carbonyl (C=O) groups excluding carboxylic acids is 3. The molecule has 0 bridgehead atoms. The number of amides is 3. The Morgan fingerprint density at radius 1 is 1.15 bits per heavy atom. The fourth-order valence-corrected chi connectivity index (χ4v) is 2.46. The molecule has 0 aliphatic carbocycles. The van der Waals surface area contributed by atoms with Crippen molar-refractivity contribution in [3.63, 3.8) is 0 Å². The lowest BCUT2D eigenvalue weighted by Crippen LogP contribution is -2.30. The van der Waals surface area contributed by atoms with Gasteiger partial charge in [0.05, 0.1) is 0 Å². The molecule has 148 valence electrons. The van der Waals surface area contributed by atoms with Gasteiger partial charge >= 0.3 is 12.0 Å². The van der Waals surface area contributed by atoms with Crippen LogP contribution in [0.3, 0.4) is 0 Å². The zero-order valence-corrected chi connectivity index (χ0v) is 15.3. The van der Waals surface area contributed by atoms with Crippen molar-refractivity contribution in [1.82, 2.24) is 5.32 Å². The smallest absolute Gasteiger partial charge is 0.312 e. The number of nitrogens with two attached hydrogens (primary N) is 1. The second-order valence-electron chi connectivity index (χ2n) is 6.08. The first-order chi connectivity index (χ1) is 13.0. The lowest BCUT2D eigenvalue weighted by Gasteiger charge is -2.19. The lowest BCUT2D eigenvalue weighted by molar-refractivity contribution is -0.153. The maximum atomic E-state index is 12.2. The second kappa shape index (κ2) is 10.2. The lowest BCUT2D eigenvalue weighted by atomic mass is 10.2. The molecule has 4 N–H and O–H groups in total. The monoisotopic (exact) mass is 379 g/mol. The summed E-state index contributed by atoms with van der Waals surface area (Å²) in [5, 5.41) is 5.16. The van der Waals surface area contributed by atoms with Crippen LogP contribution in [-0.4, -0.2) is 43.8 Å². The van der Waals surface area contributed by atoms with Crippen molar-refractivity contribution in [2.24, 2.45) is 5.73 Å². The molecule has 0 aromatic heterocycles. The standard InChI is InChI=1S/C18H25N3O6/c1-12(27-16(22)5-3-2-4-8-20-18(19)24)17(23)21-13-6-7-14-15(11-13)26-10-9-25-14/h6-7,11-12H,2-5,8-10H2,1H3,(H,21,23)(H3,19,20,24)/t12-/m1/s1. The summed E-state index contributed by atoms with van der Waals surface area (Å²) in [4.78, 5) is 34.5. The highest BCUT2D eigenvalue weighted by Gasteiger charge is 2.19. The molecular weight excluding hydrogens is 354 g/mol. The van der Waals surface area contributed by atoms with E-state index in [-0.39, 0.29) is 6.42 Å². The molecule has 1 aromatic rings. The molecular formula is C18H25N3O6. The van der Waals surface area contributed by atoms with Crippen LogP contribution in [0.5, 0.6) is 11.5 Å². The van der Waals surface area contributed by atoms with E-state index in [2.05, 4.69) is 10.6 Å². The maximum absolute atomic E-state index is 12.2. The molecule has 0 unspecified atom stereocenters. The predicted molar refractivity (Wildman–Crippen MR) is 97.7 cm³/mol. The fraction of sp³-hybridized carbons (Fsp3) is 0.500. The molecule has 9 heteroatoms. The van der Waals surface area contributed by atoms with E-state index >= 15 is 0 Å². The maximum Gasteiger partial charge on any atom is 0.312 e. The van der Waals surface area contributed by atoms with Crippen LogP contribution in [0, 0.1) is 0 Å². The van der Waals surface area contributed by atoms with Gasteiger partial charge in [-0.3, -0.25) is 9.59 Å². The average Bonchev–Trinajstić information content (AvgIpc) is 2.64. The number of carbonyl (C=O) groups is 3. The van der Waals surface area contributed by atoms with Crippen molar-refractivity contribution < 1.29 is 28.6 Å². The number of benzene rings is 1. The third-order valence-electron chi connectivity index (χ3n) is 3.84. The summed E-state index contributed by atoms with van der Waals surface area (Å²) < 4.78 is 16.0. The second-order valence-corrected chi connectivity index (χ2v) is 6.08. The van der Waals surface area contributed by atoms with Gasteiger partial charge in [0.25, 0.3) is 5.91 Å². The topological polar surface area (TPSA) is 129 Å². The van der Waals surface area contributed by atoms with Gasteiger partial charge in [0.1, 0.15) is 13.2 Å². The molecule has 1 atom stereocenters. The number of hydrogen-bond donors (Lipinski definition) is 3. The molecule has 2 rings (SSSR count). The number of esters is 1. The minimum absolute atomic E-state index is 0.207. The number of nitrogens with one attached hydrogen (secondary N) is 2. The Morgan fingerprint density at radius 3 is 2.63 bits per heavy atom. The Hall–Kier alpha value is -2.97. The van der Waals surface area contributed by atoms with E-state index in [9.17, 15) is 14.4 Å². The highest BCUT2D eigenvalue weighted by atomic mass is 16.6. The number of fused-ring (bicyclic) bond motifs is 1. The van der Waals surface area contributed by atoms with Gasteiger partial charge in [-0.25, -0.2) is 4.79 Å². The van der Waals surface area contributed by atoms with Gasteiger partial charge in [-0.1, -0.05) is 6.42 Å². The largest absolute Gasteiger partial charge is 0.486 e. The molecule has 0 saturated heterocycles. The zero-order chi connectivity index (χ0) is 19.6. The molecule has 1 heterocycles. The van der Waals surface area contributed by atoms with E-state index in [1.807, 2.05) is 0 Å². The minimum atomic E-state index is -0.915. The van der Waals surface area contributed by atoms with Crippen LogP contribution in [0.15, 0.2) is 18.2 Å². The Balaban J connectivity index is 1.68. The summed E-state index contributed by atoms with van der Waals surface area (Å²) in [6.45, 7) is 2.94. The Labute approximate surface area is 157 Å². The Bertz CT molecular complexity index is 679. The van der Waals surface area contributed by atoms with E-state index in [4.69, 9.17) is 19.9 Å². The van der Waals surface area contributed by atoms with Crippen LogP contribution in [0.2, 0.25) is 0 Å². The van der Waals surface area contributed by atoms with Crippen LogP contribution in [0.4, 0.5) is 10.5 Å². The minimum Gasteiger partial charge on any atom is -0.486 e. The van der Waals surface area contributed by atoms with Gasteiger partial charge in [0.2, 0.25) is 0 Å². The summed E-state index contributed by atoms with van der Waals surface area (Å²) in [5.74, 6) is 0.327. The van der Waals surface area contributed by atoms with E-state index in [0.29, 0.717) is 43.4 Å². The van der Waals surface area contributed by atoms with Crippen LogP contribution in [-0.2, 0) is 14.3 Å². The van der Waals surface area contributed by atoms with Gasteiger partial charge in [-0.05, 0) is 31.9 Å². The van der Waals surface area contributed by atoms with Gasteiger partial charge in [-0.15, -0.1) is 0 Å². The summed E-state index contributed by atoms with van der Waals surface area (Å²) in [5.41, 5.74) is 5.49. The number of hydrogen-bond acceptors (Lipinski definition) is 6. The van der Waals surface area contributed by atoms with Gasteiger partial charge in [0.15, 0.2) is 17.6 Å². The quantitative estimate of drug-likeness (QED) is 0.441.